The Hall–Kier alpha value is -1.38. The Balaban J connectivity index is 2.83. The van der Waals surface area contributed by atoms with Gasteiger partial charge in [0.05, 0.1) is 22.7 Å². The fourth-order valence-corrected chi connectivity index (χ4v) is 1.80. The van der Waals surface area contributed by atoms with Crippen LogP contribution in [0.25, 0.3) is 0 Å². The van der Waals surface area contributed by atoms with Crippen molar-refractivity contribution < 1.29 is 22.1 Å². The Bertz CT molecular complexity index is 625. The Labute approximate surface area is 128 Å². The summed E-state index contributed by atoms with van der Waals surface area (Å²) in [6.07, 6.45) is 1.62. The van der Waals surface area contributed by atoms with Crippen molar-refractivity contribution in [3.8, 4) is 0 Å². The number of ether oxygens (including phenoxy) is 1. The third kappa shape index (κ3) is 6.74. The Morgan fingerprint density at radius 2 is 2.05 bits per heavy atom. The molecular formula is C12H17ClN2O5S. The van der Waals surface area contributed by atoms with Gasteiger partial charge in [0.25, 0.3) is 10.1 Å². The molecule has 0 fully saturated rings. The van der Waals surface area contributed by atoms with E-state index in [9.17, 15) is 13.2 Å². The van der Waals surface area contributed by atoms with Crippen molar-refractivity contribution in [3.05, 3.63) is 23.0 Å². The molecule has 1 rings (SSSR count). The highest BCUT2D eigenvalue weighted by molar-refractivity contribution is 7.85. The maximum Gasteiger partial charge on any atom is 0.412 e. The van der Waals surface area contributed by atoms with E-state index in [2.05, 4.69) is 14.5 Å². The van der Waals surface area contributed by atoms with Crippen LogP contribution in [0.4, 0.5) is 10.5 Å². The smallest absolute Gasteiger partial charge is 0.412 e. The molecule has 9 heteroatoms. The molecule has 0 saturated carbocycles. The molecule has 0 aliphatic heterocycles. The van der Waals surface area contributed by atoms with Gasteiger partial charge in [0.1, 0.15) is 12.2 Å². The van der Waals surface area contributed by atoms with Gasteiger partial charge in [-0.1, -0.05) is 11.6 Å². The number of amides is 1. The number of carbonyl (C=O) groups is 1. The van der Waals surface area contributed by atoms with Crippen LogP contribution in [0.1, 0.15) is 26.5 Å². The number of nitrogens with zero attached hydrogens (tertiary/aromatic N) is 1. The topological polar surface area (TPSA) is 94.6 Å². The number of hydrogen-bond acceptors (Lipinski definition) is 6. The van der Waals surface area contributed by atoms with Crippen LogP contribution < -0.4 is 5.32 Å². The first-order chi connectivity index (χ1) is 9.48. The van der Waals surface area contributed by atoms with Crippen LogP contribution in [0.15, 0.2) is 12.3 Å². The predicted octanol–water partition coefficient (Wildman–Crippen LogP) is 2.56. The molecule has 1 amide bonds. The van der Waals surface area contributed by atoms with E-state index in [0.29, 0.717) is 0 Å². The average Bonchev–Trinajstić information content (AvgIpc) is 2.26. The van der Waals surface area contributed by atoms with E-state index >= 15 is 0 Å². The average molecular weight is 337 g/mol. The molecule has 0 radical (unpaired) electrons. The van der Waals surface area contributed by atoms with Crippen LogP contribution in [0.2, 0.25) is 5.02 Å². The molecule has 0 aliphatic rings. The second kappa shape index (κ2) is 6.59. The van der Waals surface area contributed by atoms with Gasteiger partial charge in [0, 0.05) is 6.20 Å². The monoisotopic (exact) mass is 336 g/mol. The minimum absolute atomic E-state index is 0.0898. The van der Waals surface area contributed by atoms with Gasteiger partial charge in [-0.15, -0.1) is 0 Å². The summed E-state index contributed by atoms with van der Waals surface area (Å²) in [4.78, 5) is 15.6. The highest BCUT2D eigenvalue weighted by Gasteiger charge is 2.18. The standard InChI is InChI=1S/C12H17ClN2O5S/c1-12(2,3)20-11(16)15-8-5-6-14-9(10(8)13)7-19-21(4,17)18/h5-6H,7H2,1-4H3,(H,14,15,16). The van der Waals surface area contributed by atoms with Gasteiger partial charge in [0.15, 0.2) is 0 Å². The molecule has 0 atom stereocenters. The number of carbonyl (C=O) groups excluding carboxylic acids is 1. The van der Waals surface area contributed by atoms with Gasteiger partial charge in [-0.05, 0) is 26.8 Å². The number of halogens is 1. The lowest BCUT2D eigenvalue weighted by molar-refractivity contribution is 0.0636. The summed E-state index contributed by atoms with van der Waals surface area (Å²) in [6.45, 7) is 4.87. The van der Waals surface area contributed by atoms with Gasteiger partial charge >= 0.3 is 6.09 Å². The van der Waals surface area contributed by atoms with Gasteiger partial charge < -0.3 is 4.74 Å². The van der Waals surface area contributed by atoms with Crippen molar-refractivity contribution in [3.63, 3.8) is 0 Å². The van der Waals surface area contributed by atoms with Crippen molar-refractivity contribution >= 4 is 33.5 Å². The second-order valence-electron chi connectivity index (χ2n) is 5.21. The number of hydrogen-bond donors (Lipinski definition) is 1. The largest absolute Gasteiger partial charge is 0.444 e. The van der Waals surface area contributed by atoms with E-state index in [1.165, 1.54) is 12.3 Å². The zero-order valence-electron chi connectivity index (χ0n) is 12.1. The van der Waals surface area contributed by atoms with Crippen molar-refractivity contribution in [2.45, 2.75) is 33.0 Å². The number of pyridine rings is 1. The first-order valence-corrected chi connectivity index (χ1v) is 8.15. The molecule has 1 N–H and O–H groups in total. The molecule has 21 heavy (non-hydrogen) atoms. The number of nitrogens with one attached hydrogen (secondary N) is 1. The quantitative estimate of drug-likeness (QED) is 0.849. The highest BCUT2D eigenvalue weighted by Crippen LogP contribution is 2.25. The van der Waals surface area contributed by atoms with E-state index in [4.69, 9.17) is 16.3 Å². The number of aromatic nitrogens is 1. The molecule has 0 saturated heterocycles. The van der Waals surface area contributed by atoms with Crippen LogP contribution >= 0.6 is 11.6 Å². The summed E-state index contributed by atoms with van der Waals surface area (Å²) in [7, 11) is -3.61. The molecule has 0 spiro atoms. The third-order valence-electron chi connectivity index (χ3n) is 2.01. The predicted molar refractivity (Wildman–Crippen MR) is 78.7 cm³/mol. The van der Waals surface area contributed by atoms with E-state index in [-0.39, 0.29) is 23.0 Å². The summed E-state index contributed by atoms with van der Waals surface area (Å²) in [6, 6.07) is 1.47. The van der Waals surface area contributed by atoms with Crippen molar-refractivity contribution in [1.82, 2.24) is 4.98 Å². The maximum atomic E-state index is 11.7. The number of anilines is 1. The van der Waals surface area contributed by atoms with Gasteiger partial charge in [0.2, 0.25) is 0 Å². The van der Waals surface area contributed by atoms with Gasteiger partial charge in [-0.3, -0.25) is 14.5 Å². The fraction of sp³-hybridized carbons (Fsp3) is 0.500. The third-order valence-corrected chi connectivity index (χ3v) is 2.97. The van der Waals surface area contributed by atoms with Gasteiger partial charge in [-0.25, -0.2) is 4.79 Å². The van der Waals surface area contributed by atoms with E-state index in [1.807, 2.05) is 0 Å². The molecule has 1 heterocycles. The lowest BCUT2D eigenvalue weighted by Crippen LogP contribution is -2.27. The number of rotatable bonds is 4. The summed E-state index contributed by atoms with van der Waals surface area (Å²) < 4.78 is 31.6. The minimum Gasteiger partial charge on any atom is -0.444 e. The SMILES string of the molecule is CC(C)(C)OC(=O)Nc1ccnc(COS(C)(=O)=O)c1Cl. The molecule has 118 valence electrons. The summed E-state index contributed by atoms with van der Waals surface area (Å²) in [5, 5.41) is 2.56. The van der Waals surface area contributed by atoms with E-state index < -0.39 is 21.8 Å². The fourth-order valence-electron chi connectivity index (χ4n) is 1.26. The van der Waals surface area contributed by atoms with Crippen LogP contribution in [-0.4, -0.2) is 31.4 Å². The Morgan fingerprint density at radius 1 is 1.43 bits per heavy atom. The Kier molecular flexibility index (Phi) is 5.54. The first-order valence-electron chi connectivity index (χ1n) is 5.96. The molecular weight excluding hydrogens is 320 g/mol. The zero-order valence-corrected chi connectivity index (χ0v) is 13.7. The Morgan fingerprint density at radius 3 is 2.57 bits per heavy atom. The molecule has 0 unspecified atom stereocenters. The summed E-state index contributed by atoms with van der Waals surface area (Å²) in [5.41, 5.74) is -0.199. The molecule has 7 nitrogen and oxygen atoms in total. The molecule has 0 aromatic carbocycles. The highest BCUT2D eigenvalue weighted by atomic mass is 35.5. The van der Waals surface area contributed by atoms with Crippen molar-refractivity contribution in [2.75, 3.05) is 11.6 Å². The van der Waals surface area contributed by atoms with E-state index in [1.54, 1.807) is 20.8 Å². The van der Waals surface area contributed by atoms with Crippen LogP contribution in [0.3, 0.4) is 0 Å². The molecule has 1 aromatic heterocycles. The molecule has 1 aromatic rings. The van der Waals surface area contributed by atoms with Crippen LogP contribution in [0, 0.1) is 0 Å². The summed E-state index contributed by atoms with van der Waals surface area (Å²) >= 11 is 6.05. The zero-order chi connectivity index (χ0) is 16.3. The first kappa shape index (κ1) is 17.7. The molecule has 0 aliphatic carbocycles. The maximum absolute atomic E-state index is 11.7. The van der Waals surface area contributed by atoms with Crippen molar-refractivity contribution in [2.24, 2.45) is 0 Å². The lowest BCUT2D eigenvalue weighted by atomic mass is 10.2. The van der Waals surface area contributed by atoms with Gasteiger partial charge in [-0.2, -0.15) is 8.42 Å². The molecule has 0 bridgehead atoms. The van der Waals surface area contributed by atoms with Crippen molar-refractivity contribution in [1.29, 1.82) is 0 Å². The second-order valence-corrected chi connectivity index (χ2v) is 7.23. The lowest BCUT2D eigenvalue weighted by Gasteiger charge is -2.20. The normalized spacial score (nSPS) is 12.0. The van der Waals surface area contributed by atoms with Crippen LogP contribution in [-0.2, 0) is 25.6 Å². The summed E-state index contributed by atoms with van der Waals surface area (Å²) in [5.74, 6) is 0. The van der Waals surface area contributed by atoms with E-state index in [0.717, 1.165) is 6.26 Å². The minimum atomic E-state index is -3.61. The van der Waals surface area contributed by atoms with Crippen LogP contribution in [0.5, 0.6) is 0 Å².